The first-order valence-corrected chi connectivity index (χ1v) is 4.96. The molecule has 1 nitrogen and oxygen atoms in total. The van der Waals surface area contributed by atoms with Gasteiger partial charge in [-0.3, -0.25) is 0 Å². The predicted octanol–water partition coefficient (Wildman–Crippen LogP) is 3.44. The van der Waals surface area contributed by atoms with Crippen LogP contribution >= 0.6 is 0 Å². The van der Waals surface area contributed by atoms with E-state index in [2.05, 4.69) is 52.3 Å². The average Bonchev–Trinajstić information content (AvgIpc) is 1.97. The van der Waals surface area contributed by atoms with E-state index in [9.17, 15) is 0 Å². The average molecular weight is 181 g/mol. The zero-order chi connectivity index (χ0) is 10.6. The highest BCUT2D eigenvalue weighted by atomic mass is 15.1. The molecule has 76 valence electrons. The van der Waals surface area contributed by atoms with E-state index in [1.807, 2.05) is 6.92 Å². The van der Waals surface area contributed by atoms with Crippen LogP contribution in [0.4, 0.5) is 0 Å². The van der Waals surface area contributed by atoms with Crippen LogP contribution in [0.5, 0.6) is 0 Å². The van der Waals surface area contributed by atoms with Gasteiger partial charge in [-0.05, 0) is 32.8 Å². The lowest BCUT2D eigenvalue weighted by molar-refractivity contribution is 0.312. The predicted molar refractivity (Wildman–Crippen MR) is 60.6 cm³/mol. The highest BCUT2D eigenvalue weighted by molar-refractivity contribution is 5.19. The van der Waals surface area contributed by atoms with Crippen LogP contribution in [-0.4, -0.2) is 18.0 Å². The van der Waals surface area contributed by atoms with Crippen LogP contribution in [0, 0.1) is 5.92 Å². The quantitative estimate of drug-likeness (QED) is 0.600. The highest BCUT2D eigenvalue weighted by Gasteiger charge is 2.11. The Hall–Kier alpha value is -0.720. The summed E-state index contributed by atoms with van der Waals surface area (Å²) in [5, 5.41) is 0. The van der Waals surface area contributed by atoms with Crippen molar-refractivity contribution in [3.05, 3.63) is 23.9 Å². The molecule has 0 amide bonds. The maximum absolute atomic E-state index is 3.92. The van der Waals surface area contributed by atoms with Crippen LogP contribution in [0.25, 0.3) is 0 Å². The summed E-state index contributed by atoms with van der Waals surface area (Å²) in [4.78, 5) is 2.30. The molecule has 0 saturated heterocycles. The molecule has 0 heterocycles. The standard InChI is InChI=1S/C12H23N/c1-9(2)8-12(10(3)4)13(7)11(5)6/h8,10-11H,1H2,2-7H3/b12-8-. The van der Waals surface area contributed by atoms with Crippen LogP contribution in [0.2, 0.25) is 0 Å². The van der Waals surface area contributed by atoms with Gasteiger partial charge in [-0.2, -0.15) is 0 Å². The number of hydrogen-bond donors (Lipinski definition) is 0. The van der Waals surface area contributed by atoms with Gasteiger partial charge in [0.2, 0.25) is 0 Å². The molecule has 0 fully saturated rings. The van der Waals surface area contributed by atoms with Crippen LogP contribution in [0.1, 0.15) is 34.6 Å². The molecule has 13 heavy (non-hydrogen) atoms. The van der Waals surface area contributed by atoms with Crippen molar-refractivity contribution < 1.29 is 0 Å². The lowest BCUT2D eigenvalue weighted by Crippen LogP contribution is -2.28. The molecule has 0 bridgehead atoms. The van der Waals surface area contributed by atoms with Gasteiger partial charge in [0.05, 0.1) is 0 Å². The molecule has 0 aromatic carbocycles. The topological polar surface area (TPSA) is 3.24 Å². The Balaban J connectivity index is 4.71. The van der Waals surface area contributed by atoms with E-state index in [4.69, 9.17) is 0 Å². The molecule has 0 atom stereocenters. The monoisotopic (exact) mass is 181 g/mol. The van der Waals surface area contributed by atoms with Crippen molar-refractivity contribution >= 4 is 0 Å². The third-order valence-corrected chi connectivity index (χ3v) is 2.17. The Morgan fingerprint density at radius 1 is 1.23 bits per heavy atom. The first kappa shape index (κ1) is 12.3. The van der Waals surface area contributed by atoms with Crippen LogP contribution in [0.3, 0.4) is 0 Å². The zero-order valence-corrected chi connectivity index (χ0v) is 9.89. The van der Waals surface area contributed by atoms with Gasteiger partial charge < -0.3 is 4.90 Å². The second kappa shape index (κ2) is 5.11. The van der Waals surface area contributed by atoms with Crippen LogP contribution < -0.4 is 0 Å². The van der Waals surface area contributed by atoms with Crippen molar-refractivity contribution in [3.63, 3.8) is 0 Å². The number of rotatable bonds is 4. The maximum atomic E-state index is 3.92. The Bertz CT molecular complexity index is 199. The molecular formula is C12H23N. The molecule has 0 spiro atoms. The summed E-state index contributed by atoms with van der Waals surface area (Å²) in [6, 6.07) is 0.549. The molecule has 0 aromatic heterocycles. The highest BCUT2D eigenvalue weighted by Crippen LogP contribution is 2.17. The van der Waals surface area contributed by atoms with E-state index >= 15 is 0 Å². The van der Waals surface area contributed by atoms with E-state index in [0.717, 1.165) is 5.57 Å². The Morgan fingerprint density at radius 3 is 1.92 bits per heavy atom. The summed E-state index contributed by atoms with van der Waals surface area (Å²) >= 11 is 0. The van der Waals surface area contributed by atoms with Crippen molar-refractivity contribution in [1.82, 2.24) is 4.90 Å². The van der Waals surface area contributed by atoms with Gasteiger partial charge >= 0.3 is 0 Å². The van der Waals surface area contributed by atoms with E-state index in [0.29, 0.717) is 12.0 Å². The van der Waals surface area contributed by atoms with E-state index in [-0.39, 0.29) is 0 Å². The normalized spacial score (nSPS) is 12.5. The summed E-state index contributed by atoms with van der Waals surface area (Å²) in [6.07, 6.45) is 2.17. The van der Waals surface area contributed by atoms with Gasteiger partial charge in [0, 0.05) is 18.8 Å². The molecule has 0 saturated carbocycles. The van der Waals surface area contributed by atoms with E-state index < -0.39 is 0 Å². The molecule has 1 heteroatoms. The fraction of sp³-hybridized carbons (Fsp3) is 0.667. The Kier molecular flexibility index (Phi) is 4.82. The second-order valence-electron chi connectivity index (χ2n) is 4.27. The van der Waals surface area contributed by atoms with Crippen molar-refractivity contribution in [2.24, 2.45) is 5.92 Å². The zero-order valence-electron chi connectivity index (χ0n) is 9.89. The second-order valence-corrected chi connectivity index (χ2v) is 4.27. The largest absolute Gasteiger partial charge is 0.375 e. The number of nitrogens with zero attached hydrogens (tertiary/aromatic N) is 1. The van der Waals surface area contributed by atoms with Crippen molar-refractivity contribution in [2.45, 2.75) is 40.7 Å². The lowest BCUT2D eigenvalue weighted by atomic mass is 10.1. The molecular weight excluding hydrogens is 158 g/mol. The summed E-state index contributed by atoms with van der Waals surface area (Å²) in [5.41, 5.74) is 2.48. The molecule has 0 aromatic rings. The van der Waals surface area contributed by atoms with Gasteiger partial charge in [0.25, 0.3) is 0 Å². The van der Waals surface area contributed by atoms with Crippen LogP contribution in [0.15, 0.2) is 23.9 Å². The first-order valence-electron chi connectivity index (χ1n) is 4.96. The molecule has 0 aliphatic heterocycles. The number of hydrogen-bond acceptors (Lipinski definition) is 1. The minimum absolute atomic E-state index is 0.549. The summed E-state index contributed by atoms with van der Waals surface area (Å²) in [6.45, 7) is 14.8. The molecule has 0 N–H and O–H groups in total. The van der Waals surface area contributed by atoms with Gasteiger partial charge in [-0.25, -0.2) is 0 Å². The SMILES string of the molecule is C=C(C)/C=C(/C(C)C)N(C)C(C)C. The summed E-state index contributed by atoms with van der Waals surface area (Å²) in [7, 11) is 2.14. The van der Waals surface area contributed by atoms with Crippen molar-refractivity contribution in [3.8, 4) is 0 Å². The smallest absolute Gasteiger partial charge is 0.0227 e. The van der Waals surface area contributed by atoms with E-state index in [1.54, 1.807) is 0 Å². The first-order chi connectivity index (χ1) is 5.86. The van der Waals surface area contributed by atoms with Gasteiger partial charge in [0.1, 0.15) is 0 Å². The Morgan fingerprint density at radius 2 is 1.69 bits per heavy atom. The summed E-state index contributed by atoms with van der Waals surface area (Å²) < 4.78 is 0. The molecule has 0 rings (SSSR count). The van der Waals surface area contributed by atoms with Gasteiger partial charge in [-0.1, -0.05) is 26.0 Å². The maximum Gasteiger partial charge on any atom is 0.0227 e. The Labute approximate surface area is 83.1 Å². The lowest BCUT2D eigenvalue weighted by Gasteiger charge is -2.29. The fourth-order valence-electron chi connectivity index (χ4n) is 1.23. The third kappa shape index (κ3) is 4.16. The van der Waals surface area contributed by atoms with Crippen molar-refractivity contribution in [1.29, 1.82) is 0 Å². The molecule has 0 radical (unpaired) electrons. The van der Waals surface area contributed by atoms with Gasteiger partial charge in [0.15, 0.2) is 0 Å². The van der Waals surface area contributed by atoms with E-state index in [1.165, 1.54) is 5.70 Å². The van der Waals surface area contributed by atoms with Crippen molar-refractivity contribution in [2.75, 3.05) is 7.05 Å². The van der Waals surface area contributed by atoms with Crippen LogP contribution in [-0.2, 0) is 0 Å². The third-order valence-electron chi connectivity index (χ3n) is 2.17. The fourth-order valence-corrected chi connectivity index (χ4v) is 1.23. The summed E-state index contributed by atoms with van der Waals surface area (Å²) in [5.74, 6) is 0.559. The minimum atomic E-state index is 0.549. The van der Waals surface area contributed by atoms with Gasteiger partial charge in [-0.15, -0.1) is 0 Å². The molecule has 0 aliphatic rings. The number of allylic oxidation sites excluding steroid dienone is 3. The minimum Gasteiger partial charge on any atom is -0.375 e. The molecule has 0 unspecified atom stereocenters. The molecule has 0 aliphatic carbocycles.